The lowest BCUT2D eigenvalue weighted by Gasteiger charge is -2.31. The van der Waals surface area contributed by atoms with Crippen molar-refractivity contribution in [3.63, 3.8) is 0 Å². The first-order valence-electron chi connectivity index (χ1n) is 5.85. The van der Waals surface area contributed by atoms with Gasteiger partial charge in [0.05, 0.1) is 43.0 Å². The SMILES string of the molecule is COc1cc(N2CCOC(C#N)C2)c(F)cc1[N+](=O)[O-]. The van der Waals surface area contributed by atoms with Crippen LogP contribution in [0.15, 0.2) is 12.1 Å². The molecule has 106 valence electrons. The Morgan fingerprint density at radius 3 is 3.00 bits per heavy atom. The van der Waals surface area contributed by atoms with Crippen molar-refractivity contribution >= 4 is 11.4 Å². The van der Waals surface area contributed by atoms with E-state index < -0.39 is 22.5 Å². The first kappa shape index (κ1) is 14.0. The standard InChI is InChI=1S/C12H12FN3O4/c1-19-12-5-10(9(13)4-11(12)16(17)18)15-2-3-20-8(6-14)7-15/h4-5,8H,2-3,7H2,1H3. The molecule has 1 aromatic carbocycles. The molecule has 7 nitrogen and oxygen atoms in total. The number of methoxy groups -OCH3 is 1. The molecule has 20 heavy (non-hydrogen) atoms. The average Bonchev–Trinajstić information content (AvgIpc) is 2.46. The van der Waals surface area contributed by atoms with E-state index in [1.54, 1.807) is 4.90 Å². The minimum atomic E-state index is -0.726. The van der Waals surface area contributed by atoms with Gasteiger partial charge in [0.2, 0.25) is 0 Å². The molecule has 0 aliphatic carbocycles. The molecule has 8 heteroatoms. The molecule has 0 spiro atoms. The highest BCUT2D eigenvalue weighted by Gasteiger charge is 2.26. The molecule has 1 saturated heterocycles. The van der Waals surface area contributed by atoms with Gasteiger partial charge >= 0.3 is 5.69 Å². The van der Waals surface area contributed by atoms with Gasteiger partial charge in [-0.1, -0.05) is 0 Å². The third kappa shape index (κ3) is 2.62. The quantitative estimate of drug-likeness (QED) is 0.615. The number of nitro groups is 1. The number of nitro benzene ring substituents is 1. The maximum atomic E-state index is 14.0. The first-order chi connectivity index (χ1) is 9.56. The van der Waals surface area contributed by atoms with Gasteiger partial charge in [-0.15, -0.1) is 0 Å². The van der Waals surface area contributed by atoms with E-state index in [1.807, 2.05) is 6.07 Å². The number of anilines is 1. The molecule has 1 atom stereocenters. The fraction of sp³-hybridized carbons (Fsp3) is 0.417. The molecule has 1 aliphatic rings. The summed E-state index contributed by atoms with van der Waals surface area (Å²) in [5.41, 5.74) is -0.269. The van der Waals surface area contributed by atoms with Crippen LogP contribution in [-0.2, 0) is 4.74 Å². The second-order valence-corrected chi connectivity index (χ2v) is 4.17. The van der Waals surface area contributed by atoms with E-state index in [-0.39, 0.29) is 24.6 Å². The molecular weight excluding hydrogens is 269 g/mol. The van der Waals surface area contributed by atoms with E-state index >= 15 is 0 Å². The van der Waals surface area contributed by atoms with Gasteiger partial charge < -0.3 is 14.4 Å². The molecule has 1 unspecified atom stereocenters. The Morgan fingerprint density at radius 1 is 1.65 bits per heavy atom. The number of ether oxygens (including phenoxy) is 2. The van der Waals surface area contributed by atoms with Gasteiger partial charge in [-0.3, -0.25) is 10.1 Å². The predicted molar refractivity (Wildman–Crippen MR) is 67.2 cm³/mol. The van der Waals surface area contributed by atoms with E-state index in [1.165, 1.54) is 13.2 Å². The minimum Gasteiger partial charge on any atom is -0.490 e. The van der Waals surface area contributed by atoms with Crippen LogP contribution in [0, 0.1) is 27.3 Å². The number of hydrogen-bond acceptors (Lipinski definition) is 6. The Labute approximate surface area is 114 Å². The van der Waals surface area contributed by atoms with Gasteiger partial charge in [0.15, 0.2) is 17.7 Å². The molecular formula is C12H12FN3O4. The Hall–Kier alpha value is -2.40. The van der Waals surface area contributed by atoms with Crippen molar-refractivity contribution in [3.8, 4) is 11.8 Å². The van der Waals surface area contributed by atoms with Crippen molar-refractivity contribution in [1.29, 1.82) is 5.26 Å². The maximum Gasteiger partial charge on any atom is 0.313 e. The van der Waals surface area contributed by atoms with Gasteiger partial charge in [-0.25, -0.2) is 4.39 Å². The van der Waals surface area contributed by atoms with Crippen LogP contribution in [0.2, 0.25) is 0 Å². The number of nitriles is 1. The van der Waals surface area contributed by atoms with Crippen LogP contribution < -0.4 is 9.64 Å². The molecule has 1 aromatic rings. The van der Waals surface area contributed by atoms with E-state index in [9.17, 15) is 14.5 Å². The lowest BCUT2D eigenvalue weighted by atomic mass is 10.2. The lowest BCUT2D eigenvalue weighted by Crippen LogP contribution is -2.42. The Balaban J connectivity index is 2.37. The molecule has 0 amide bonds. The maximum absolute atomic E-state index is 14.0. The zero-order chi connectivity index (χ0) is 14.7. The van der Waals surface area contributed by atoms with E-state index in [2.05, 4.69) is 0 Å². The molecule has 0 bridgehead atoms. The summed E-state index contributed by atoms with van der Waals surface area (Å²) in [6.45, 7) is 0.890. The molecule has 2 rings (SSSR count). The molecule has 0 aromatic heterocycles. The summed E-state index contributed by atoms with van der Waals surface area (Å²) in [5.74, 6) is -0.748. The summed E-state index contributed by atoms with van der Waals surface area (Å²) in [4.78, 5) is 11.7. The van der Waals surface area contributed by atoms with Crippen molar-refractivity contribution < 1.29 is 18.8 Å². The molecule has 0 saturated carbocycles. The second-order valence-electron chi connectivity index (χ2n) is 4.17. The summed E-state index contributed by atoms with van der Waals surface area (Å²) in [7, 11) is 1.28. The van der Waals surface area contributed by atoms with E-state index in [0.29, 0.717) is 6.54 Å². The summed E-state index contributed by atoms with van der Waals surface area (Å²) in [6, 6.07) is 4.05. The first-order valence-corrected chi connectivity index (χ1v) is 5.85. The molecule has 1 fully saturated rings. The van der Waals surface area contributed by atoms with Gasteiger partial charge in [0, 0.05) is 12.6 Å². The zero-order valence-corrected chi connectivity index (χ0v) is 10.7. The lowest BCUT2D eigenvalue weighted by molar-refractivity contribution is -0.385. The van der Waals surface area contributed by atoms with Crippen molar-refractivity contribution in [1.82, 2.24) is 0 Å². The molecule has 1 aliphatic heterocycles. The van der Waals surface area contributed by atoms with Crippen molar-refractivity contribution in [2.45, 2.75) is 6.10 Å². The van der Waals surface area contributed by atoms with Crippen molar-refractivity contribution in [2.75, 3.05) is 31.7 Å². The fourth-order valence-electron chi connectivity index (χ4n) is 2.03. The number of rotatable bonds is 3. The molecule has 0 N–H and O–H groups in total. The summed E-state index contributed by atoms with van der Waals surface area (Å²) < 4.78 is 24.1. The fourth-order valence-corrected chi connectivity index (χ4v) is 2.03. The van der Waals surface area contributed by atoms with Gasteiger partial charge in [-0.05, 0) is 0 Å². The van der Waals surface area contributed by atoms with Gasteiger partial charge in [-0.2, -0.15) is 5.26 Å². The van der Waals surface area contributed by atoms with E-state index in [4.69, 9.17) is 14.7 Å². The number of benzene rings is 1. The minimum absolute atomic E-state index is 0.0219. The Bertz CT molecular complexity index is 573. The van der Waals surface area contributed by atoms with Gasteiger partial charge in [0.25, 0.3) is 0 Å². The predicted octanol–water partition coefficient (Wildman–Crippen LogP) is 1.47. The van der Waals surface area contributed by atoms with Crippen LogP contribution in [0.5, 0.6) is 5.75 Å². The summed E-state index contributed by atoms with van der Waals surface area (Å²) in [6.07, 6.45) is -0.649. The number of nitrogens with zero attached hydrogens (tertiary/aromatic N) is 3. The van der Waals surface area contributed by atoms with Crippen LogP contribution in [0.25, 0.3) is 0 Å². The van der Waals surface area contributed by atoms with Crippen molar-refractivity contribution in [2.24, 2.45) is 0 Å². The monoisotopic (exact) mass is 281 g/mol. The average molecular weight is 281 g/mol. The topological polar surface area (TPSA) is 88.6 Å². The number of hydrogen-bond donors (Lipinski definition) is 0. The highest BCUT2D eigenvalue weighted by molar-refractivity contribution is 5.60. The second kappa shape index (κ2) is 5.71. The van der Waals surface area contributed by atoms with Crippen LogP contribution in [0.1, 0.15) is 0 Å². The number of halogens is 1. The van der Waals surface area contributed by atoms with Crippen molar-refractivity contribution in [3.05, 3.63) is 28.1 Å². The van der Waals surface area contributed by atoms with E-state index in [0.717, 1.165) is 6.07 Å². The third-order valence-electron chi connectivity index (χ3n) is 3.00. The zero-order valence-electron chi connectivity index (χ0n) is 10.7. The Kier molecular flexibility index (Phi) is 4.00. The number of morpholine rings is 1. The normalized spacial score (nSPS) is 18.4. The summed E-state index contributed by atoms with van der Waals surface area (Å²) in [5, 5.41) is 19.6. The van der Waals surface area contributed by atoms with Crippen LogP contribution in [0.4, 0.5) is 15.8 Å². The smallest absolute Gasteiger partial charge is 0.313 e. The van der Waals surface area contributed by atoms with Crippen LogP contribution >= 0.6 is 0 Å². The summed E-state index contributed by atoms with van der Waals surface area (Å²) >= 11 is 0. The molecule has 1 heterocycles. The Morgan fingerprint density at radius 2 is 2.40 bits per heavy atom. The molecule has 0 radical (unpaired) electrons. The third-order valence-corrected chi connectivity index (χ3v) is 3.00. The van der Waals surface area contributed by atoms with Crippen LogP contribution in [0.3, 0.4) is 0 Å². The largest absolute Gasteiger partial charge is 0.490 e. The van der Waals surface area contributed by atoms with Gasteiger partial charge in [0.1, 0.15) is 0 Å². The highest BCUT2D eigenvalue weighted by Crippen LogP contribution is 2.34. The highest BCUT2D eigenvalue weighted by atomic mass is 19.1. The van der Waals surface area contributed by atoms with Crippen LogP contribution in [-0.4, -0.2) is 37.8 Å².